The molecular weight excluding hydrogens is 431 g/mol. The van der Waals surface area contributed by atoms with Crippen LogP contribution in [0.2, 0.25) is 0 Å². The number of aliphatic imine (C=N–C) groups is 1. The van der Waals surface area contributed by atoms with Crippen LogP contribution in [-0.4, -0.2) is 44.4 Å². The largest absolute Gasteiger partial charge is 0.388 e. The summed E-state index contributed by atoms with van der Waals surface area (Å²) in [5, 5.41) is 25.4. The molecule has 8 heteroatoms. The molecule has 0 unspecified atom stereocenters. The van der Waals surface area contributed by atoms with E-state index in [1.165, 1.54) is 6.42 Å². The molecule has 0 atom stereocenters. The van der Waals surface area contributed by atoms with Gasteiger partial charge >= 0.3 is 0 Å². The van der Waals surface area contributed by atoms with Crippen LogP contribution in [0, 0.1) is 0 Å². The quantitative estimate of drug-likeness (QED) is 0.363. The number of hydrogen-bond donors (Lipinski definition) is 3. The third-order valence-electron chi connectivity index (χ3n) is 4.48. The zero-order valence-electron chi connectivity index (χ0n) is 14.6. The number of nitrogens with one attached hydrogen (secondary N) is 2. The highest BCUT2D eigenvalue weighted by molar-refractivity contribution is 14.0. The van der Waals surface area contributed by atoms with Gasteiger partial charge in [0.05, 0.1) is 5.60 Å². The molecule has 3 rings (SSSR count). The summed E-state index contributed by atoms with van der Waals surface area (Å²) in [6, 6.07) is 5.81. The number of halogens is 1. The van der Waals surface area contributed by atoms with Gasteiger partial charge in [0.1, 0.15) is 6.54 Å². The molecule has 0 bridgehead atoms. The first-order chi connectivity index (χ1) is 11.7. The van der Waals surface area contributed by atoms with Crippen LogP contribution < -0.4 is 10.6 Å². The Labute approximate surface area is 165 Å². The summed E-state index contributed by atoms with van der Waals surface area (Å²) in [5.74, 6) is 1.49. The predicted molar refractivity (Wildman–Crippen MR) is 109 cm³/mol. The Morgan fingerprint density at radius 3 is 2.80 bits per heavy atom. The Bertz CT molecular complexity index is 695. The van der Waals surface area contributed by atoms with Crippen molar-refractivity contribution in [3.63, 3.8) is 0 Å². The molecule has 138 valence electrons. The molecule has 0 radical (unpaired) electrons. The molecule has 0 aliphatic heterocycles. The van der Waals surface area contributed by atoms with E-state index in [1.807, 2.05) is 35.7 Å². The maximum atomic E-state index is 10.6. The van der Waals surface area contributed by atoms with Crippen molar-refractivity contribution >= 4 is 35.6 Å². The van der Waals surface area contributed by atoms with E-state index in [2.05, 4.69) is 25.8 Å². The van der Waals surface area contributed by atoms with E-state index >= 15 is 0 Å². The lowest BCUT2D eigenvalue weighted by atomic mass is 9.85. The third-order valence-corrected chi connectivity index (χ3v) is 4.48. The SMILES string of the molecule is CCNC(=NCc1nnc2ccccn12)NCC1(O)CCCCC1.I. The highest BCUT2D eigenvalue weighted by Gasteiger charge is 2.29. The van der Waals surface area contributed by atoms with Crippen molar-refractivity contribution in [3.05, 3.63) is 30.2 Å². The fraction of sp³-hybridized carbons (Fsp3) is 0.588. The Morgan fingerprint density at radius 1 is 1.24 bits per heavy atom. The molecule has 2 aromatic rings. The lowest BCUT2D eigenvalue weighted by molar-refractivity contribution is 0.00859. The Morgan fingerprint density at radius 2 is 2.04 bits per heavy atom. The molecule has 2 heterocycles. The predicted octanol–water partition coefficient (Wildman–Crippen LogP) is 2.10. The molecule has 1 fully saturated rings. The monoisotopic (exact) mass is 458 g/mol. The van der Waals surface area contributed by atoms with E-state index in [0.717, 1.165) is 43.7 Å². The third kappa shape index (κ3) is 5.27. The van der Waals surface area contributed by atoms with Crippen molar-refractivity contribution in [3.8, 4) is 0 Å². The molecule has 1 aliphatic rings. The van der Waals surface area contributed by atoms with Gasteiger partial charge in [-0.1, -0.05) is 25.3 Å². The minimum absolute atomic E-state index is 0. The second-order valence-corrected chi connectivity index (χ2v) is 6.38. The Hall–Kier alpha value is -1.42. The van der Waals surface area contributed by atoms with Crippen molar-refractivity contribution in [1.82, 2.24) is 25.2 Å². The van der Waals surface area contributed by atoms with Gasteiger partial charge in [-0.15, -0.1) is 34.2 Å². The summed E-state index contributed by atoms with van der Waals surface area (Å²) in [6.07, 6.45) is 7.05. The van der Waals surface area contributed by atoms with Gasteiger partial charge in [-0.25, -0.2) is 4.99 Å². The summed E-state index contributed by atoms with van der Waals surface area (Å²) in [4.78, 5) is 4.58. The summed E-state index contributed by atoms with van der Waals surface area (Å²) in [5.41, 5.74) is 0.202. The molecule has 7 nitrogen and oxygen atoms in total. The van der Waals surface area contributed by atoms with E-state index < -0.39 is 5.60 Å². The molecule has 25 heavy (non-hydrogen) atoms. The maximum absolute atomic E-state index is 10.6. The van der Waals surface area contributed by atoms with Crippen molar-refractivity contribution in [2.24, 2.45) is 4.99 Å². The average Bonchev–Trinajstić information content (AvgIpc) is 3.01. The first-order valence-corrected chi connectivity index (χ1v) is 8.73. The fourth-order valence-electron chi connectivity index (χ4n) is 3.13. The van der Waals surface area contributed by atoms with Gasteiger partial charge in [0, 0.05) is 19.3 Å². The number of fused-ring (bicyclic) bond motifs is 1. The number of guanidine groups is 1. The minimum Gasteiger partial charge on any atom is -0.388 e. The van der Waals surface area contributed by atoms with E-state index in [0.29, 0.717) is 19.0 Å². The summed E-state index contributed by atoms with van der Waals surface area (Å²) < 4.78 is 1.93. The van der Waals surface area contributed by atoms with Gasteiger partial charge in [-0.2, -0.15) is 0 Å². The first-order valence-electron chi connectivity index (χ1n) is 8.73. The fourth-order valence-corrected chi connectivity index (χ4v) is 3.13. The number of rotatable bonds is 5. The van der Waals surface area contributed by atoms with Gasteiger partial charge < -0.3 is 15.7 Å². The van der Waals surface area contributed by atoms with Crippen molar-refractivity contribution < 1.29 is 5.11 Å². The average molecular weight is 458 g/mol. The van der Waals surface area contributed by atoms with Gasteiger partial charge in [0.2, 0.25) is 0 Å². The molecule has 1 aliphatic carbocycles. The van der Waals surface area contributed by atoms with E-state index in [1.54, 1.807) is 0 Å². The van der Waals surface area contributed by atoms with Crippen molar-refractivity contribution in [2.75, 3.05) is 13.1 Å². The molecule has 1 saturated carbocycles. The minimum atomic E-state index is -0.615. The van der Waals surface area contributed by atoms with E-state index in [-0.39, 0.29) is 24.0 Å². The van der Waals surface area contributed by atoms with Gasteiger partial charge in [0.25, 0.3) is 0 Å². The van der Waals surface area contributed by atoms with Gasteiger partial charge in [-0.3, -0.25) is 4.40 Å². The molecular formula is C17H27IN6O. The lowest BCUT2D eigenvalue weighted by Crippen LogP contribution is -2.48. The number of aromatic nitrogens is 3. The van der Waals surface area contributed by atoms with Crippen LogP contribution in [0.25, 0.3) is 5.65 Å². The molecule has 0 saturated heterocycles. The van der Waals surface area contributed by atoms with Crippen LogP contribution in [0.4, 0.5) is 0 Å². The second-order valence-electron chi connectivity index (χ2n) is 6.38. The molecule has 2 aromatic heterocycles. The number of aliphatic hydroxyl groups is 1. The van der Waals surface area contributed by atoms with Gasteiger partial charge in [0.15, 0.2) is 17.4 Å². The molecule has 0 amide bonds. The smallest absolute Gasteiger partial charge is 0.191 e. The lowest BCUT2D eigenvalue weighted by Gasteiger charge is -2.32. The van der Waals surface area contributed by atoms with Crippen LogP contribution in [0.3, 0.4) is 0 Å². The van der Waals surface area contributed by atoms with E-state index in [4.69, 9.17) is 0 Å². The Kier molecular flexibility index (Phi) is 7.42. The number of pyridine rings is 1. The van der Waals surface area contributed by atoms with Crippen molar-refractivity contribution in [1.29, 1.82) is 0 Å². The summed E-state index contributed by atoms with van der Waals surface area (Å²) in [7, 11) is 0. The van der Waals surface area contributed by atoms with Crippen LogP contribution in [0.5, 0.6) is 0 Å². The zero-order valence-corrected chi connectivity index (χ0v) is 16.9. The first kappa shape index (κ1) is 19.9. The topological polar surface area (TPSA) is 86.8 Å². The molecule has 0 spiro atoms. The molecule has 0 aromatic carbocycles. The van der Waals surface area contributed by atoms with Crippen LogP contribution in [0.15, 0.2) is 29.4 Å². The van der Waals surface area contributed by atoms with Gasteiger partial charge in [-0.05, 0) is 31.9 Å². The number of hydrogen-bond acceptors (Lipinski definition) is 4. The Balaban J connectivity index is 0.00000225. The zero-order chi connectivity index (χ0) is 16.8. The van der Waals surface area contributed by atoms with E-state index in [9.17, 15) is 5.11 Å². The standard InChI is InChI=1S/C17H26N6O.HI/c1-2-18-16(20-13-17(24)9-5-3-6-10-17)19-12-15-22-21-14-8-4-7-11-23(14)15;/h4,7-8,11,24H,2-3,5-6,9-10,12-13H2,1H3,(H2,18,19,20);1H. The van der Waals surface area contributed by atoms with Crippen molar-refractivity contribution in [2.45, 2.75) is 51.2 Å². The summed E-state index contributed by atoms with van der Waals surface area (Å²) >= 11 is 0. The highest BCUT2D eigenvalue weighted by Crippen LogP contribution is 2.27. The van der Waals surface area contributed by atoms with Crippen LogP contribution in [-0.2, 0) is 6.54 Å². The molecule has 3 N–H and O–H groups in total. The normalized spacial score (nSPS) is 17.1. The highest BCUT2D eigenvalue weighted by atomic mass is 127. The second kappa shape index (κ2) is 9.33. The maximum Gasteiger partial charge on any atom is 0.191 e. The van der Waals surface area contributed by atoms with Crippen LogP contribution >= 0.6 is 24.0 Å². The van der Waals surface area contributed by atoms with Crippen LogP contribution in [0.1, 0.15) is 44.9 Å². The summed E-state index contributed by atoms with van der Waals surface area (Å²) in [6.45, 7) is 3.75. The number of nitrogens with zero attached hydrogens (tertiary/aromatic N) is 4.